The molecule has 0 N–H and O–H groups in total. The van der Waals surface area contributed by atoms with Gasteiger partial charge in [-0.25, -0.2) is 13.2 Å². The lowest BCUT2D eigenvalue weighted by molar-refractivity contribution is 0.101. The molecule has 0 spiro atoms. The zero-order valence-electron chi connectivity index (χ0n) is 7.94. The lowest BCUT2D eigenvalue weighted by atomic mass is 9.92. The first-order chi connectivity index (χ1) is 7.10. The van der Waals surface area contributed by atoms with Crippen LogP contribution in [0, 0.1) is 5.82 Å². The van der Waals surface area contributed by atoms with Crippen molar-refractivity contribution in [2.24, 2.45) is 0 Å². The van der Waals surface area contributed by atoms with Crippen LogP contribution in [-0.2, 0) is 10.7 Å². The van der Waals surface area contributed by atoms with Gasteiger partial charge in [0.25, 0.3) is 0 Å². The van der Waals surface area contributed by atoms with E-state index >= 15 is 0 Å². The highest BCUT2D eigenvalue weighted by atomic mass is 79.9. The summed E-state index contributed by atoms with van der Waals surface area (Å²) in [5.41, 5.74) is 0.147. The average Bonchev–Trinajstić information content (AvgIpc) is 2.98. The molecular formula is C11H10BrF3. The Balaban J connectivity index is 2.46. The molecule has 1 aliphatic carbocycles. The zero-order valence-corrected chi connectivity index (χ0v) is 9.53. The molecule has 0 saturated heterocycles. The third kappa shape index (κ3) is 1.80. The van der Waals surface area contributed by atoms with Crippen LogP contribution in [0.4, 0.5) is 13.2 Å². The fraction of sp³-hybridized carbons (Fsp3) is 0.455. The van der Waals surface area contributed by atoms with E-state index in [1.165, 1.54) is 12.1 Å². The van der Waals surface area contributed by atoms with E-state index in [-0.39, 0.29) is 0 Å². The van der Waals surface area contributed by atoms with E-state index < -0.39 is 17.7 Å². The van der Waals surface area contributed by atoms with Crippen molar-refractivity contribution < 1.29 is 13.2 Å². The molecule has 0 aliphatic heterocycles. The van der Waals surface area contributed by atoms with Crippen LogP contribution in [0.1, 0.15) is 24.0 Å². The van der Waals surface area contributed by atoms with Crippen LogP contribution in [0.3, 0.4) is 0 Å². The van der Waals surface area contributed by atoms with Crippen LogP contribution in [0.5, 0.6) is 0 Å². The summed E-state index contributed by atoms with van der Waals surface area (Å²) in [6.45, 7) is 0. The lowest BCUT2D eigenvalue weighted by Gasteiger charge is -2.17. The predicted molar refractivity (Wildman–Crippen MR) is 55.9 cm³/mol. The minimum absolute atomic E-state index is 0.443. The van der Waals surface area contributed by atoms with Crippen molar-refractivity contribution in [3.05, 3.63) is 35.1 Å². The molecule has 0 unspecified atom stereocenters. The summed E-state index contributed by atoms with van der Waals surface area (Å²) < 4.78 is 38.8. The molecule has 1 aromatic rings. The minimum Gasteiger partial charge on any atom is -0.210 e. The summed E-state index contributed by atoms with van der Waals surface area (Å²) in [5, 5.41) is 0.483. The minimum atomic E-state index is -2.41. The predicted octanol–water partition coefficient (Wildman–Crippen LogP) is 4.02. The summed E-state index contributed by atoms with van der Waals surface area (Å²) in [7, 11) is 0. The van der Waals surface area contributed by atoms with Gasteiger partial charge in [0, 0.05) is 5.33 Å². The van der Waals surface area contributed by atoms with E-state index in [9.17, 15) is 13.2 Å². The monoisotopic (exact) mass is 278 g/mol. The van der Waals surface area contributed by atoms with Crippen molar-refractivity contribution in [2.75, 3.05) is 0 Å². The van der Waals surface area contributed by atoms with E-state index in [2.05, 4.69) is 15.9 Å². The van der Waals surface area contributed by atoms with E-state index in [0.717, 1.165) is 5.56 Å². The van der Waals surface area contributed by atoms with Crippen LogP contribution in [0.2, 0.25) is 0 Å². The highest BCUT2D eigenvalue weighted by Gasteiger charge is 2.53. The van der Waals surface area contributed by atoms with Gasteiger partial charge in [-0.1, -0.05) is 22.0 Å². The van der Waals surface area contributed by atoms with Crippen LogP contribution in [0.15, 0.2) is 18.2 Å². The van der Waals surface area contributed by atoms with Gasteiger partial charge in [0.15, 0.2) is 0 Å². The average molecular weight is 279 g/mol. The molecule has 4 heteroatoms. The Kier molecular flexibility index (Phi) is 2.79. The van der Waals surface area contributed by atoms with Gasteiger partial charge in [-0.2, -0.15) is 0 Å². The Morgan fingerprint density at radius 2 is 2.00 bits per heavy atom. The third-order valence-electron chi connectivity index (χ3n) is 2.96. The van der Waals surface area contributed by atoms with Gasteiger partial charge in [-0.05, 0) is 36.1 Å². The normalized spacial score (nSPS) is 18.2. The first-order valence-electron chi connectivity index (χ1n) is 4.73. The lowest BCUT2D eigenvalue weighted by Crippen LogP contribution is -2.19. The number of benzene rings is 1. The molecule has 15 heavy (non-hydrogen) atoms. The Morgan fingerprint density at radius 3 is 2.47 bits per heavy atom. The summed E-state index contributed by atoms with van der Waals surface area (Å²) in [6, 6.07) is 4.12. The van der Waals surface area contributed by atoms with Gasteiger partial charge >= 0.3 is 0 Å². The molecule has 2 rings (SSSR count). The highest BCUT2D eigenvalue weighted by Crippen LogP contribution is 2.54. The van der Waals surface area contributed by atoms with Crippen molar-refractivity contribution in [3.63, 3.8) is 0 Å². The van der Waals surface area contributed by atoms with E-state index in [1.807, 2.05) is 0 Å². The topological polar surface area (TPSA) is 0 Å². The van der Waals surface area contributed by atoms with E-state index in [1.54, 1.807) is 6.07 Å². The highest BCUT2D eigenvalue weighted by molar-refractivity contribution is 9.08. The van der Waals surface area contributed by atoms with Crippen molar-refractivity contribution in [3.8, 4) is 0 Å². The molecule has 0 heterocycles. The van der Waals surface area contributed by atoms with Crippen LogP contribution >= 0.6 is 15.9 Å². The van der Waals surface area contributed by atoms with Crippen LogP contribution in [-0.4, -0.2) is 6.43 Å². The standard InChI is InChI=1S/C11H10BrF3/c12-6-7-1-2-8(13)5-9(7)11(3-4-11)10(14)15/h1-2,5,10H,3-4,6H2. The molecule has 0 atom stereocenters. The largest absolute Gasteiger partial charge is 0.248 e. The number of rotatable bonds is 3. The number of hydrogen-bond donors (Lipinski definition) is 0. The Bertz CT molecular complexity index is 372. The Hall–Kier alpha value is -0.510. The Morgan fingerprint density at radius 1 is 1.33 bits per heavy atom. The summed E-state index contributed by atoms with van der Waals surface area (Å²) in [5.74, 6) is -0.443. The molecule has 1 aromatic carbocycles. The fourth-order valence-corrected chi connectivity index (χ4v) is 2.36. The van der Waals surface area contributed by atoms with Gasteiger partial charge in [-0.3, -0.25) is 0 Å². The van der Waals surface area contributed by atoms with Crippen molar-refractivity contribution in [1.82, 2.24) is 0 Å². The molecule has 1 aliphatic rings. The smallest absolute Gasteiger partial charge is 0.210 e. The SMILES string of the molecule is Fc1ccc(CBr)c(C2(C(F)F)CC2)c1. The van der Waals surface area contributed by atoms with Crippen molar-refractivity contribution >= 4 is 15.9 Å². The maximum atomic E-state index is 13.0. The first-order valence-corrected chi connectivity index (χ1v) is 5.85. The van der Waals surface area contributed by atoms with E-state index in [0.29, 0.717) is 23.7 Å². The number of alkyl halides is 3. The molecule has 0 amide bonds. The Labute approximate surface area is 94.6 Å². The van der Waals surface area contributed by atoms with Gasteiger partial charge in [0.1, 0.15) is 5.82 Å². The summed E-state index contributed by atoms with van der Waals surface area (Å²) in [4.78, 5) is 0. The molecule has 0 aromatic heterocycles. The second-order valence-electron chi connectivity index (χ2n) is 3.89. The molecular weight excluding hydrogens is 269 g/mol. The van der Waals surface area contributed by atoms with Crippen LogP contribution in [0.25, 0.3) is 0 Å². The second kappa shape index (κ2) is 3.81. The summed E-state index contributed by atoms with van der Waals surface area (Å²) in [6.07, 6.45) is -1.50. The maximum absolute atomic E-state index is 13.0. The fourth-order valence-electron chi connectivity index (χ4n) is 1.87. The maximum Gasteiger partial charge on any atom is 0.248 e. The van der Waals surface area contributed by atoms with Crippen molar-refractivity contribution in [2.45, 2.75) is 30.0 Å². The van der Waals surface area contributed by atoms with Gasteiger partial charge < -0.3 is 0 Å². The molecule has 0 radical (unpaired) electrons. The zero-order chi connectivity index (χ0) is 11.1. The third-order valence-corrected chi connectivity index (χ3v) is 3.56. The van der Waals surface area contributed by atoms with Gasteiger partial charge in [-0.15, -0.1) is 0 Å². The second-order valence-corrected chi connectivity index (χ2v) is 4.45. The van der Waals surface area contributed by atoms with E-state index in [4.69, 9.17) is 0 Å². The van der Waals surface area contributed by atoms with Crippen molar-refractivity contribution in [1.29, 1.82) is 0 Å². The van der Waals surface area contributed by atoms with Crippen LogP contribution < -0.4 is 0 Å². The summed E-state index contributed by atoms with van der Waals surface area (Å²) >= 11 is 3.23. The molecule has 82 valence electrons. The number of hydrogen-bond acceptors (Lipinski definition) is 0. The molecule has 0 bridgehead atoms. The van der Waals surface area contributed by atoms with Gasteiger partial charge in [0.2, 0.25) is 6.43 Å². The van der Waals surface area contributed by atoms with Gasteiger partial charge in [0.05, 0.1) is 5.41 Å². The molecule has 1 saturated carbocycles. The number of halogens is 4. The quantitative estimate of drug-likeness (QED) is 0.733. The molecule has 0 nitrogen and oxygen atoms in total. The molecule has 1 fully saturated rings. The first kappa shape index (κ1) is 11.0.